The zero-order chi connectivity index (χ0) is 12.3. The molecule has 0 bridgehead atoms. The van der Waals surface area contributed by atoms with Crippen molar-refractivity contribution in [2.75, 3.05) is 0 Å². The van der Waals surface area contributed by atoms with Gasteiger partial charge >= 0.3 is 5.97 Å². The molecule has 1 atom stereocenters. The number of hydrogen-bond acceptors (Lipinski definition) is 4. The van der Waals surface area contributed by atoms with Crippen molar-refractivity contribution < 1.29 is 14.6 Å². The lowest BCUT2D eigenvalue weighted by atomic mass is 9.83. The van der Waals surface area contributed by atoms with E-state index in [1.165, 1.54) is 0 Å². The summed E-state index contributed by atoms with van der Waals surface area (Å²) < 4.78 is 5.25. The van der Waals surface area contributed by atoms with Gasteiger partial charge in [-0.1, -0.05) is 0 Å². The Morgan fingerprint density at radius 3 is 2.25 bits per heavy atom. The molecule has 0 amide bonds. The number of aliphatic hydroxyl groups is 1. The molecule has 1 fully saturated rings. The number of carbonyl (C=O) groups excluding carboxylic acids is 1. The van der Waals surface area contributed by atoms with Gasteiger partial charge in [0.25, 0.3) is 0 Å². The summed E-state index contributed by atoms with van der Waals surface area (Å²) in [5.74, 6) is -0.174. The van der Waals surface area contributed by atoms with Gasteiger partial charge in [0.05, 0.1) is 6.10 Å². The van der Waals surface area contributed by atoms with Crippen LogP contribution in [0.1, 0.15) is 46.5 Å². The molecule has 0 saturated heterocycles. The van der Waals surface area contributed by atoms with Gasteiger partial charge in [-0.2, -0.15) is 0 Å². The van der Waals surface area contributed by atoms with E-state index >= 15 is 0 Å². The van der Waals surface area contributed by atoms with Crippen molar-refractivity contribution in [2.45, 2.75) is 64.2 Å². The first kappa shape index (κ1) is 13.5. The summed E-state index contributed by atoms with van der Waals surface area (Å²) in [5, 5.41) is 9.38. The van der Waals surface area contributed by atoms with E-state index in [0.29, 0.717) is 0 Å². The first-order valence-corrected chi connectivity index (χ1v) is 5.96. The van der Waals surface area contributed by atoms with Crippen LogP contribution < -0.4 is 5.73 Å². The molecule has 4 heteroatoms. The first-order chi connectivity index (χ1) is 7.29. The predicted molar refractivity (Wildman–Crippen MR) is 61.8 cm³/mol. The molecule has 0 heterocycles. The molecule has 0 spiro atoms. The minimum absolute atomic E-state index is 0.151. The molecular weight excluding hydrogens is 206 g/mol. The van der Waals surface area contributed by atoms with Crippen molar-refractivity contribution in [2.24, 2.45) is 11.7 Å². The second kappa shape index (κ2) is 5.15. The van der Waals surface area contributed by atoms with E-state index in [4.69, 9.17) is 10.5 Å². The molecule has 1 saturated carbocycles. The van der Waals surface area contributed by atoms with Crippen LogP contribution in [-0.4, -0.2) is 28.8 Å². The number of ether oxygens (including phenoxy) is 1. The van der Waals surface area contributed by atoms with E-state index < -0.39 is 11.6 Å². The van der Waals surface area contributed by atoms with E-state index in [1.807, 2.05) is 20.8 Å². The fourth-order valence-corrected chi connectivity index (χ4v) is 2.02. The van der Waals surface area contributed by atoms with E-state index in [0.717, 1.165) is 25.7 Å². The highest BCUT2D eigenvalue weighted by Crippen LogP contribution is 2.27. The Balaban J connectivity index is 2.45. The van der Waals surface area contributed by atoms with Gasteiger partial charge in [-0.3, -0.25) is 4.79 Å². The molecule has 1 aliphatic carbocycles. The maximum Gasteiger partial charge on any atom is 0.323 e. The first-order valence-electron chi connectivity index (χ1n) is 5.96. The number of hydrogen-bond donors (Lipinski definition) is 2. The Labute approximate surface area is 97.2 Å². The van der Waals surface area contributed by atoms with Crippen LogP contribution in [0.15, 0.2) is 0 Å². The number of esters is 1. The van der Waals surface area contributed by atoms with Crippen molar-refractivity contribution in [3.8, 4) is 0 Å². The Morgan fingerprint density at radius 1 is 1.31 bits per heavy atom. The fraction of sp³-hybridized carbons (Fsp3) is 0.917. The zero-order valence-electron chi connectivity index (χ0n) is 10.4. The van der Waals surface area contributed by atoms with E-state index in [2.05, 4.69) is 0 Å². The molecule has 0 aromatic carbocycles. The van der Waals surface area contributed by atoms with Crippen LogP contribution in [0.2, 0.25) is 0 Å². The average molecular weight is 229 g/mol. The second-order valence-corrected chi connectivity index (χ2v) is 5.63. The van der Waals surface area contributed by atoms with Crippen molar-refractivity contribution in [1.82, 2.24) is 0 Å². The molecule has 3 N–H and O–H groups in total. The summed E-state index contributed by atoms with van der Waals surface area (Å²) in [7, 11) is 0. The third-order valence-electron chi connectivity index (χ3n) is 2.93. The highest BCUT2D eigenvalue weighted by atomic mass is 16.6. The van der Waals surface area contributed by atoms with Gasteiger partial charge in [-0.25, -0.2) is 0 Å². The third-order valence-corrected chi connectivity index (χ3v) is 2.93. The Morgan fingerprint density at radius 2 is 1.81 bits per heavy atom. The van der Waals surface area contributed by atoms with Crippen LogP contribution in [0.25, 0.3) is 0 Å². The molecule has 0 aromatic heterocycles. The lowest BCUT2D eigenvalue weighted by Gasteiger charge is -2.30. The van der Waals surface area contributed by atoms with E-state index in [-0.39, 0.29) is 18.0 Å². The highest BCUT2D eigenvalue weighted by Gasteiger charge is 2.31. The molecule has 0 radical (unpaired) electrons. The van der Waals surface area contributed by atoms with Gasteiger partial charge in [0.15, 0.2) is 0 Å². The molecule has 94 valence electrons. The highest BCUT2D eigenvalue weighted by molar-refractivity contribution is 5.76. The summed E-state index contributed by atoms with van der Waals surface area (Å²) in [4.78, 5) is 11.7. The SMILES string of the molecule is CC(C)(C)OC(=O)C(N)[C@H]1CC[C@H](O)CC1. The summed E-state index contributed by atoms with van der Waals surface area (Å²) >= 11 is 0. The number of nitrogens with two attached hydrogens (primary N) is 1. The molecule has 4 nitrogen and oxygen atoms in total. The second-order valence-electron chi connectivity index (χ2n) is 5.63. The van der Waals surface area contributed by atoms with Crippen LogP contribution in [0.3, 0.4) is 0 Å². The van der Waals surface area contributed by atoms with Gasteiger partial charge in [0, 0.05) is 0 Å². The number of aliphatic hydroxyl groups excluding tert-OH is 1. The molecule has 1 aliphatic rings. The molecule has 1 unspecified atom stereocenters. The van der Waals surface area contributed by atoms with Gasteiger partial charge in [0.1, 0.15) is 11.6 Å². The van der Waals surface area contributed by atoms with Crippen LogP contribution in [0.5, 0.6) is 0 Å². The maximum atomic E-state index is 11.7. The largest absolute Gasteiger partial charge is 0.459 e. The van der Waals surface area contributed by atoms with Gasteiger partial charge in [-0.15, -0.1) is 0 Å². The molecule has 0 aliphatic heterocycles. The molecular formula is C12H23NO3. The smallest absolute Gasteiger partial charge is 0.323 e. The van der Waals surface area contributed by atoms with Gasteiger partial charge in [-0.05, 0) is 52.4 Å². The summed E-state index contributed by atoms with van der Waals surface area (Å²) in [6.45, 7) is 5.51. The monoisotopic (exact) mass is 229 g/mol. The molecule has 1 rings (SSSR count). The topological polar surface area (TPSA) is 72.5 Å². The quantitative estimate of drug-likeness (QED) is 0.698. The Hall–Kier alpha value is -0.610. The minimum atomic E-state index is -0.549. The summed E-state index contributed by atoms with van der Waals surface area (Å²) in [6.07, 6.45) is 2.87. The Kier molecular flexibility index (Phi) is 4.33. The third kappa shape index (κ3) is 4.10. The van der Waals surface area contributed by atoms with Crippen LogP contribution in [0, 0.1) is 5.92 Å². The van der Waals surface area contributed by atoms with Crippen molar-refractivity contribution >= 4 is 5.97 Å². The predicted octanol–water partition coefficient (Wildman–Crippen LogP) is 1.21. The van der Waals surface area contributed by atoms with Gasteiger partial charge < -0.3 is 15.6 Å². The zero-order valence-corrected chi connectivity index (χ0v) is 10.4. The van der Waals surface area contributed by atoms with Crippen molar-refractivity contribution in [3.63, 3.8) is 0 Å². The van der Waals surface area contributed by atoms with Crippen LogP contribution in [0.4, 0.5) is 0 Å². The molecule has 0 aromatic rings. The number of rotatable bonds is 2. The van der Waals surface area contributed by atoms with Crippen LogP contribution in [-0.2, 0) is 9.53 Å². The Bertz CT molecular complexity index is 239. The van der Waals surface area contributed by atoms with Crippen molar-refractivity contribution in [1.29, 1.82) is 0 Å². The lowest BCUT2D eigenvalue weighted by molar-refractivity contribution is -0.158. The number of carbonyl (C=O) groups is 1. The molecule has 16 heavy (non-hydrogen) atoms. The fourth-order valence-electron chi connectivity index (χ4n) is 2.02. The standard InChI is InChI=1S/C12H23NO3/c1-12(2,3)16-11(15)10(13)8-4-6-9(14)7-5-8/h8-10,14H,4-7,13H2,1-3H3/t8-,9-,10?. The average Bonchev–Trinajstić information content (AvgIpc) is 2.15. The van der Waals surface area contributed by atoms with Gasteiger partial charge in [0.2, 0.25) is 0 Å². The lowest BCUT2D eigenvalue weighted by Crippen LogP contribution is -2.44. The van der Waals surface area contributed by atoms with E-state index in [1.54, 1.807) is 0 Å². The van der Waals surface area contributed by atoms with Crippen molar-refractivity contribution in [3.05, 3.63) is 0 Å². The normalized spacial score (nSPS) is 28.6. The van der Waals surface area contributed by atoms with E-state index in [9.17, 15) is 9.90 Å². The van der Waals surface area contributed by atoms with Crippen LogP contribution >= 0.6 is 0 Å². The summed E-state index contributed by atoms with van der Waals surface area (Å²) in [5.41, 5.74) is 5.41. The minimum Gasteiger partial charge on any atom is -0.459 e. The summed E-state index contributed by atoms with van der Waals surface area (Å²) in [6, 6.07) is -0.549. The maximum absolute atomic E-state index is 11.7.